The standard InChI is InChI=1S/C19H21N3O2S2/c1-21(15-8-3-2-4-9-15)26(23,24)18-14-22(16-10-5-6-11-16)20-19(18)17-12-7-13-25-17/h2-4,7-9,12-14,16H,5-6,10-11H2,1H3. The molecular formula is C19H21N3O2S2. The molecule has 0 radical (unpaired) electrons. The maximum atomic E-state index is 13.4. The molecular weight excluding hydrogens is 366 g/mol. The fraction of sp³-hybridized carbons (Fsp3) is 0.316. The minimum Gasteiger partial charge on any atom is -0.269 e. The summed E-state index contributed by atoms with van der Waals surface area (Å²) in [6.07, 6.45) is 6.18. The molecule has 4 rings (SSSR count). The molecule has 26 heavy (non-hydrogen) atoms. The minimum atomic E-state index is -3.70. The van der Waals surface area contributed by atoms with Gasteiger partial charge >= 0.3 is 0 Å². The lowest BCUT2D eigenvalue weighted by molar-refractivity contribution is 0.467. The van der Waals surface area contributed by atoms with Gasteiger partial charge in [0.15, 0.2) is 0 Å². The summed E-state index contributed by atoms with van der Waals surface area (Å²) in [5.74, 6) is 0. The number of sulfonamides is 1. The van der Waals surface area contributed by atoms with Gasteiger partial charge in [0.1, 0.15) is 10.6 Å². The molecule has 136 valence electrons. The molecule has 0 spiro atoms. The van der Waals surface area contributed by atoms with Crippen molar-refractivity contribution in [3.63, 3.8) is 0 Å². The molecule has 0 N–H and O–H groups in total. The van der Waals surface area contributed by atoms with Crippen molar-refractivity contribution in [2.24, 2.45) is 0 Å². The first kappa shape index (κ1) is 17.3. The molecule has 0 unspecified atom stereocenters. The Kier molecular flexibility index (Phi) is 4.58. The summed E-state index contributed by atoms with van der Waals surface area (Å²) in [5, 5.41) is 6.64. The molecule has 0 bridgehead atoms. The van der Waals surface area contributed by atoms with E-state index in [9.17, 15) is 8.42 Å². The highest BCUT2D eigenvalue weighted by Crippen LogP contribution is 2.36. The van der Waals surface area contributed by atoms with Crippen molar-refractivity contribution in [3.8, 4) is 10.6 Å². The zero-order valence-corrected chi connectivity index (χ0v) is 16.2. The lowest BCUT2D eigenvalue weighted by Crippen LogP contribution is -2.26. The SMILES string of the molecule is CN(c1ccccc1)S(=O)(=O)c1cn(C2CCCC2)nc1-c1cccs1. The summed E-state index contributed by atoms with van der Waals surface area (Å²) in [7, 11) is -2.11. The first-order chi connectivity index (χ1) is 12.6. The van der Waals surface area contributed by atoms with E-state index in [0.29, 0.717) is 17.4 Å². The molecule has 2 aromatic heterocycles. The second-order valence-corrected chi connectivity index (χ2v) is 9.43. The molecule has 2 heterocycles. The summed E-state index contributed by atoms with van der Waals surface area (Å²) < 4.78 is 29.9. The summed E-state index contributed by atoms with van der Waals surface area (Å²) in [4.78, 5) is 1.15. The molecule has 1 aromatic carbocycles. The van der Waals surface area contributed by atoms with Gasteiger partial charge in [-0.2, -0.15) is 5.10 Å². The average molecular weight is 388 g/mol. The number of rotatable bonds is 5. The largest absolute Gasteiger partial charge is 0.269 e. The van der Waals surface area contributed by atoms with Crippen LogP contribution in [0.2, 0.25) is 0 Å². The Morgan fingerprint density at radius 3 is 2.50 bits per heavy atom. The summed E-state index contributed by atoms with van der Waals surface area (Å²) >= 11 is 1.51. The van der Waals surface area contributed by atoms with Gasteiger partial charge in [-0.1, -0.05) is 37.1 Å². The van der Waals surface area contributed by atoms with Crippen LogP contribution in [0.25, 0.3) is 10.6 Å². The van der Waals surface area contributed by atoms with E-state index in [-0.39, 0.29) is 4.90 Å². The van der Waals surface area contributed by atoms with E-state index in [0.717, 1.165) is 17.7 Å². The monoisotopic (exact) mass is 387 g/mol. The van der Waals surface area contributed by atoms with Crippen LogP contribution in [-0.4, -0.2) is 25.2 Å². The number of anilines is 1. The van der Waals surface area contributed by atoms with Crippen LogP contribution in [0.4, 0.5) is 5.69 Å². The molecule has 3 aromatic rings. The van der Waals surface area contributed by atoms with E-state index in [2.05, 4.69) is 0 Å². The van der Waals surface area contributed by atoms with Crippen LogP contribution < -0.4 is 4.31 Å². The maximum Gasteiger partial charge on any atom is 0.267 e. The van der Waals surface area contributed by atoms with Crippen LogP contribution in [0.5, 0.6) is 0 Å². The highest BCUT2D eigenvalue weighted by molar-refractivity contribution is 7.93. The summed E-state index contributed by atoms with van der Waals surface area (Å²) in [5.41, 5.74) is 1.19. The number of aromatic nitrogens is 2. The Balaban J connectivity index is 1.81. The Bertz CT molecular complexity index is 973. The van der Waals surface area contributed by atoms with Gasteiger partial charge in [0.05, 0.1) is 16.6 Å². The van der Waals surface area contributed by atoms with Crippen molar-refractivity contribution in [2.75, 3.05) is 11.4 Å². The predicted octanol–water partition coefficient (Wildman–Crippen LogP) is 4.55. The Morgan fingerprint density at radius 1 is 1.12 bits per heavy atom. The van der Waals surface area contributed by atoms with Crippen molar-refractivity contribution in [3.05, 3.63) is 54.0 Å². The highest BCUT2D eigenvalue weighted by atomic mass is 32.2. The van der Waals surface area contributed by atoms with E-state index in [1.54, 1.807) is 25.4 Å². The highest BCUT2D eigenvalue weighted by Gasteiger charge is 2.30. The Morgan fingerprint density at radius 2 is 1.85 bits per heavy atom. The van der Waals surface area contributed by atoms with Crippen LogP contribution in [-0.2, 0) is 10.0 Å². The van der Waals surface area contributed by atoms with E-state index in [4.69, 9.17) is 5.10 Å². The number of benzene rings is 1. The van der Waals surface area contributed by atoms with Crippen molar-refractivity contribution in [1.29, 1.82) is 0 Å². The number of para-hydroxylation sites is 1. The molecule has 0 aliphatic heterocycles. The smallest absolute Gasteiger partial charge is 0.267 e. The van der Waals surface area contributed by atoms with Gasteiger partial charge in [-0.25, -0.2) is 8.42 Å². The molecule has 0 saturated heterocycles. The maximum absolute atomic E-state index is 13.4. The molecule has 1 fully saturated rings. The van der Waals surface area contributed by atoms with Crippen molar-refractivity contribution < 1.29 is 8.42 Å². The second kappa shape index (κ2) is 6.89. The van der Waals surface area contributed by atoms with Gasteiger partial charge in [0, 0.05) is 13.2 Å². The molecule has 0 amide bonds. The van der Waals surface area contributed by atoms with E-state index < -0.39 is 10.0 Å². The summed E-state index contributed by atoms with van der Waals surface area (Å²) in [6, 6.07) is 13.3. The molecule has 5 nitrogen and oxygen atoms in total. The van der Waals surface area contributed by atoms with Crippen LogP contribution in [0.1, 0.15) is 31.7 Å². The third-order valence-electron chi connectivity index (χ3n) is 4.91. The lowest BCUT2D eigenvalue weighted by atomic mass is 10.3. The van der Waals surface area contributed by atoms with Gasteiger partial charge in [0.25, 0.3) is 10.0 Å². The van der Waals surface area contributed by atoms with Crippen LogP contribution in [0.15, 0.2) is 58.9 Å². The van der Waals surface area contributed by atoms with Gasteiger partial charge < -0.3 is 0 Å². The van der Waals surface area contributed by atoms with Gasteiger partial charge in [-0.15, -0.1) is 11.3 Å². The minimum absolute atomic E-state index is 0.276. The van der Waals surface area contributed by atoms with E-state index in [1.807, 2.05) is 40.4 Å². The number of hydrogen-bond donors (Lipinski definition) is 0. The van der Waals surface area contributed by atoms with Crippen LogP contribution in [0, 0.1) is 0 Å². The van der Waals surface area contributed by atoms with E-state index in [1.165, 1.54) is 28.5 Å². The quantitative estimate of drug-likeness (QED) is 0.645. The molecule has 7 heteroatoms. The average Bonchev–Trinajstić information content (AvgIpc) is 3.41. The van der Waals surface area contributed by atoms with Crippen molar-refractivity contribution >= 4 is 27.0 Å². The Labute approximate surface area is 157 Å². The summed E-state index contributed by atoms with van der Waals surface area (Å²) in [6.45, 7) is 0. The third-order valence-corrected chi connectivity index (χ3v) is 7.57. The fourth-order valence-corrected chi connectivity index (χ4v) is 5.55. The number of nitrogens with zero attached hydrogens (tertiary/aromatic N) is 3. The van der Waals surface area contributed by atoms with E-state index >= 15 is 0 Å². The second-order valence-electron chi connectivity index (χ2n) is 6.55. The lowest BCUT2D eigenvalue weighted by Gasteiger charge is -2.19. The normalized spacial score (nSPS) is 15.4. The zero-order chi connectivity index (χ0) is 18.1. The predicted molar refractivity (Wildman–Crippen MR) is 105 cm³/mol. The number of hydrogen-bond acceptors (Lipinski definition) is 4. The number of thiophene rings is 1. The zero-order valence-electron chi connectivity index (χ0n) is 14.6. The topological polar surface area (TPSA) is 55.2 Å². The van der Waals surface area contributed by atoms with Gasteiger partial charge in [-0.3, -0.25) is 8.99 Å². The molecule has 1 saturated carbocycles. The fourth-order valence-electron chi connectivity index (χ4n) is 3.43. The first-order valence-corrected chi connectivity index (χ1v) is 11.1. The van der Waals surface area contributed by atoms with Gasteiger partial charge in [0.2, 0.25) is 0 Å². The molecule has 1 aliphatic rings. The molecule has 0 atom stereocenters. The van der Waals surface area contributed by atoms with Crippen molar-refractivity contribution in [2.45, 2.75) is 36.6 Å². The van der Waals surface area contributed by atoms with Crippen LogP contribution in [0.3, 0.4) is 0 Å². The third kappa shape index (κ3) is 3.05. The van der Waals surface area contributed by atoms with Crippen molar-refractivity contribution in [1.82, 2.24) is 9.78 Å². The Hall–Kier alpha value is -2.12. The first-order valence-electron chi connectivity index (χ1n) is 8.74. The van der Waals surface area contributed by atoms with Crippen LogP contribution >= 0.6 is 11.3 Å². The van der Waals surface area contributed by atoms with Gasteiger partial charge in [-0.05, 0) is 36.4 Å². The molecule has 1 aliphatic carbocycles.